The van der Waals surface area contributed by atoms with E-state index in [1.165, 1.54) is 0 Å². The third-order valence-corrected chi connectivity index (χ3v) is 0. The fourth-order valence-corrected chi connectivity index (χ4v) is 0. The van der Waals surface area contributed by atoms with Gasteiger partial charge in [0.2, 0.25) is 0 Å². The van der Waals surface area contributed by atoms with E-state index in [0.29, 0.717) is 0 Å². The van der Waals surface area contributed by atoms with Crippen LogP contribution in [-0.2, 0) is 26.2 Å². The quantitative estimate of drug-likeness (QED) is 0.455. The fourth-order valence-electron chi connectivity index (χ4n) is 0. The molecule has 0 saturated heterocycles. The molecule has 0 aromatic rings. The number of nitrogens with two attached hydrogens (primary N) is 1. The molecule has 0 saturated carbocycles. The van der Waals surface area contributed by atoms with E-state index in [2.05, 4.69) is 0 Å². The normalized spacial score (nSPS) is 0. The van der Waals surface area contributed by atoms with Gasteiger partial charge in [-0.1, -0.05) is 0 Å². The smallest absolute Gasteiger partial charge is 0.693 e. The Morgan fingerprint density at radius 1 is 0.750 bits per heavy atom. The SMILES string of the molecule is [CH3-].[CH3-].[NH2-].[Zr+3]. The Labute approximate surface area is 47.5 Å². The molecule has 0 heterocycles. The van der Waals surface area contributed by atoms with Crippen molar-refractivity contribution in [2.24, 2.45) is 0 Å². The van der Waals surface area contributed by atoms with Gasteiger partial charge in [0.05, 0.1) is 0 Å². The molecule has 0 atom stereocenters. The van der Waals surface area contributed by atoms with E-state index in [0.717, 1.165) is 0 Å². The van der Waals surface area contributed by atoms with Crippen LogP contribution >= 0.6 is 0 Å². The molecule has 0 aromatic carbocycles. The van der Waals surface area contributed by atoms with Crippen LogP contribution in [0.3, 0.4) is 0 Å². The topological polar surface area (TPSA) is 33.5 Å². The molecule has 0 fully saturated rings. The minimum Gasteiger partial charge on any atom is -0.693 e. The molecule has 0 rings (SSSR count). The Hall–Kier alpha value is 0.843. The second-order valence-electron chi connectivity index (χ2n) is 0. The summed E-state index contributed by atoms with van der Waals surface area (Å²) in [4.78, 5) is 0. The molecule has 0 bridgehead atoms. The van der Waals surface area contributed by atoms with Gasteiger partial charge in [0, 0.05) is 0 Å². The summed E-state index contributed by atoms with van der Waals surface area (Å²) in [6.45, 7) is 0. The Morgan fingerprint density at radius 3 is 0.750 bits per heavy atom. The molecule has 0 aliphatic heterocycles. The van der Waals surface area contributed by atoms with E-state index in [1.807, 2.05) is 0 Å². The van der Waals surface area contributed by atoms with Crippen LogP contribution in [0.2, 0.25) is 0 Å². The zero-order chi connectivity index (χ0) is 0. The molecule has 0 aliphatic carbocycles. The molecule has 0 aliphatic rings. The van der Waals surface area contributed by atoms with E-state index in [9.17, 15) is 0 Å². The van der Waals surface area contributed by atoms with Crippen molar-refractivity contribution in [1.82, 2.24) is 0 Å². The van der Waals surface area contributed by atoms with Crippen LogP contribution in [0.4, 0.5) is 0 Å². The van der Waals surface area contributed by atoms with Gasteiger partial charge in [-0.25, -0.2) is 0 Å². The first-order valence-corrected chi connectivity index (χ1v) is 0. The van der Waals surface area contributed by atoms with Crippen LogP contribution in [0.25, 0.3) is 6.15 Å². The van der Waals surface area contributed by atoms with Crippen LogP contribution < -0.4 is 0 Å². The van der Waals surface area contributed by atoms with Crippen LogP contribution in [0.5, 0.6) is 0 Å². The second kappa shape index (κ2) is 43.7. The molecule has 4 heavy (non-hydrogen) atoms. The first-order valence-electron chi connectivity index (χ1n) is 0. The fraction of sp³-hybridized carbons (Fsp3) is 0. The molecule has 0 spiro atoms. The van der Waals surface area contributed by atoms with Crippen molar-refractivity contribution in [3.05, 3.63) is 21.0 Å². The second-order valence-corrected chi connectivity index (χ2v) is 0. The van der Waals surface area contributed by atoms with E-state index >= 15 is 0 Å². The van der Waals surface area contributed by atoms with Crippen molar-refractivity contribution in [2.75, 3.05) is 0 Å². The number of hydrogen-bond donors (Lipinski definition) is 0. The van der Waals surface area contributed by atoms with Crippen molar-refractivity contribution < 1.29 is 26.2 Å². The van der Waals surface area contributed by atoms with Gasteiger partial charge in [-0.05, 0) is 0 Å². The van der Waals surface area contributed by atoms with Crippen LogP contribution in [0, 0.1) is 14.9 Å². The number of rotatable bonds is 0. The van der Waals surface area contributed by atoms with Crippen LogP contribution in [-0.4, -0.2) is 0 Å². The largest absolute Gasteiger partial charge is 3.00 e. The summed E-state index contributed by atoms with van der Waals surface area (Å²) in [5.74, 6) is 0. The van der Waals surface area contributed by atoms with Gasteiger partial charge >= 0.3 is 26.2 Å². The first-order chi connectivity index (χ1) is 0. The maximum atomic E-state index is 0. The van der Waals surface area contributed by atoms with Crippen molar-refractivity contribution in [1.29, 1.82) is 0 Å². The van der Waals surface area contributed by atoms with Crippen molar-refractivity contribution >= 4 is 0 Å². The molecule has 1 radical (unpaired) electrons. The monoisotopic (exact) mass is 136 g/mol. The van der Waals surface area contributed by atoms with E-state index in [-0.39, 0.29) is 47.2 Å². The standard InChI is InChI=1S/2CH3.H2N.Zr/h2*1H3;1H2;/q3*-1;+3. The third kappa shape index (κ3) is 13.6. The molecule has 0 aromatic heterocycles. The summed E-state index contributed by atoms with van der Waals surface area (Å²) in [7, 11) is 0. The average Bonchev–Trinajstić information content (AvgIpc) is 0. The Morgan fingerprint density at radius 2 is 0.750 bits per heavy atom. The van der Waals surface area contributed by atoms with Gasteiger partial charge < -0.3 is 21.0 Å². The maximum Gasteiger partial charge on any atom is 3.00 e. The summed E-state index contributed by atoms with van der Waals surface area (Å²) in [5.41, 5.74) is 0. The Bertz CT molecular complexity index is 6.00. The van der Waals surface area contributed by atoms with Gasteiger partial charge in [-0.3, -0.25) is 0 Å². The molecule has 0 amide bonds. The zero-order valence-electron chi connectivity index (χ0n) is 3.08. The summed E-state index contributed by atoms with van der Waals surface area (Å²) in [6, 6.07) is 0. The predicted molar refractivity (Wildman–Crippen MR) is 18.1 cm³/mol. The average molecular weight is 137 g/mol. The van der Waals surface area contributed by atoms with Crippen LogP contribution in [0.1, 0.15) is 0 Å². The van der Waals surface area contributed by atoms with Crippen molar-refractivity contribution in [3.63, 3.8) is 0 Å². The summed E-state index contributed by atoms with van der Waals surface area (Å²) < 4.78 is 0. The Balaban J connectivity index is 0. The molecule has 2 N–H and O–H groups in total. The van der Waals surface area contributed by atoms with E-state index in [4.69, 9.17) is 0 Å². The van der Waals surface area contributed by atoms with Gasteiger partial charge in [0.15, 0.2) is 0 Å². The van der Waals surface area contributed by atoms with Gasteiger partial charge in [0.1, 0.15) is 0 Å². The Kier molecular flexibility index (Phi) is 1100. The minimum absolute atomic E-state index is 0. The maximum absolute atomic E-state index is 0. The van der Waals surface area contributed by atoms with Crippen molar-refractivity contribution in [2.45, 2.75) is 0 Å². The van der Waals surface area contributed by atoms with Crippen LogP contribution in [0.15, 0.2) is 0 Å². The zero-order valence-corrected chi connectivity index (χ0v) is 5.54. The van der Waals surface area contributed by atoms with E-state index in [1.54, 1.807) is 0 Å². The molecular weight excluding hydrogens is 129 g/mol. The third-order valence-electron chi connectivity index (χ3n) is 0. The van der Waals surface area contributed by atoms with Gasteiger partial charge in [-0.15, -0.1) is 0 Å². The summed E-state index contributed by atoms with van der Waals surface area (Å²) in [5, 5.41) is 0. The molecule has 1 nitrogen and oxygen atoms in total. The van der Waals surface area contributed by atoms with Crippen molar-refractivity contribution in [3.8, 4) is 0 Å². The molecule has 25 valence electrons. The summed E-state index contributed by atoms with van der Waals surface area (Å²) >= 11 is 0. The van der Waals surface area contributed by atoms with Gasteiger partial charge in [0.25, 0.3) is 0 Å². The minimum atomic E-state index is 0. The summed E-state index contributed by atoms with van der Waals surface area (Å²) in [6.07, 6.45) is 0. The van der Waals surface area contributed by atoms with Gasteiger partial charge in [-0.2, -0.15) is 0 Å². The predicted octanol–water partition coefficient (Wildman–Crippen LogP) is 1.62. The molecule has 2 heteroatoms. The first kappa shape index (κ1) is 101. The molecular formula is C2H8NZr. The number of hydrogen-bond acceptors (Lipinski definition) is 0. The van der Waals surface area contributed by atoms with E-state index < -0.39 is 0 Å². The molecule has 0 unspecified atom stereocenters.